The van der Waals surface area contributed by atoms with Gasteiger partial charge in [-0.25, -0.2) is 8.91 Å². The van der Waals surface area contributed by atoms with Gasteiger partial charge >= 0.3 is 6.18 Å². The van der Waals surface area contributed by atoms with Crippen LogP contribution < -0.4 is 15.0 Å². The molecule has 1 saturated carbocycles. The molecule has 0 amide bonds. The smallest absolute Gasteiger partial charge is 0.422 e. The van der Waals surface area contributed by atoms with Crippen molar-refractivity contribution >= 4 is 28.1 Å². The summed E-state index contributed by atoms with van der Waals surface area (Å²) in [5, 5.41) is 8.74. The van der Waals surface area contributed by atoms with E-state index in [2.05, 4.69) is 30.7 Å². The van der Waals surface area contributed by atoms with Crippen LogP contribution in [-0.4, -0.2) is 50.9 Å². The van der Waals surface area contributed by atoms with Gasteiger partial charge in [-0.1, -0.05) is 0 Å². The van der Waals surface area contributed by atoms with Gasteiger partial charge in [0.15, 0.2) is 18.0 Å². The fourth-order valence-corrected chi connectivity index (χ4v) is 5.32. The Balaban J connectivity index is 1.34. The predicted molar refractivity (Wildman–Crippen MR) is 107 cm³/mol. The van der Waals surface area contributed by atoms with E-state index < -0.39 is 18.6 Å². The van der Waals surface area contributed by atoms with Crippen LogP contribution in [0.15, 0.2) is 18.3 Å². The lowest BCUT2D eigenvalue weighted by molar-refractivity contribution is -0.153. The Kier molecular flexibility index (Phi) is 4.91. The molecule has 1 N–H and O–H groups in total. The van der Waals surface area contributed by atoms with Crippen LogP contribution in [0.25, 0.3) is 5.65 Å². The predicted octanol–water partition coefficient (Wildman–Crippen LogP) is 3.90. The van der Waals surface area contributed by atoms with Crippen LogP contribution in [0.1, 0.15) is 18.5 Å². The van der Waals surface area contributed by atoms with Gasteiger partial charge in [-0.05, 0) is 49.2 Å². The Morgan fingerprint density at radius 1 is 1.23 bits per heavy atom. The summed E-state index contributed by atoms with van der Waals surface area (Å²) in [6, 6.07) is 3.13. The van der Waals surface area contributed by atoms with Gasteiger partial charge in [0.1, 0.15) is 10.8 Å². The summed E-state index contributed by atoms with van der Waals surface area (Å²) in [6.45, 7) is 2.23. The minimum absolute atomic E-state index is 0.0399. The van der Waals surface area contributed by atoms with Gasteiger partial charge in [-0.15, -0.1) is 5.10 Å². The Bertz CT molecular complexity index is 1080. The Morgan fingerprint density at radius 2 is 1.97 bits per heavy atom. The van der Waals surface area contributed by atoms with E-state index in [1.54, 1.807) is 0 Å². The Morgan fingerprint density at radius 3 is 2.61 bits per heavy atom. The van der Waals surface area contributed by atoms with Gasteiger partial charge in [0.25, 0.3) is 0 Å². The van der Waals surface area contributed by atoms with Gasteiger partial charge in [0.2, 0.25) is 5.95 Å². The number of halogens is 4. The summed E-state index contributed by atoms with van der Waals surface area (Å²) in [7, 11) is 0. The fraction of sp³-hybridized carbons (Fsp3) is 0.526. The lowest BCUT2D eigenvalue weighted by atomic mass is 9.92. The van der Waals surface area contributed by atoms with Crippen LogP contribution in [0.2, 0.25) is 0 Å². The number of ether oxygens (including phenoxy) is 1. The van der Waals surface area contributed by atoms with Crippen molar-refractivity contribution < 1.29 is 22.3 Å². The highest BCUT2D eigenvalue weighted by molar-refractivity contribution is 7.10. The molecule has 12 heteroatoms. The summed E-state index contributed by atoms with van der Waals surface area (Å²) in [5.41, 5.74) is 1.05. The lowest BCUT2D eigenvalue weighted by Gasteiger charge is -2.38. The molecule has 5 rings (SSSR count). The molecule has 0 spiro atoms. The summed E-state index contributed by atoms with van der Waals surface area (Å²) < 4.78 is 61.7. The fourth-order valence-electron chi connectivity index (χ4n) is 4.54. The van der Waals surface area contributed by atoms with Crippen LogP contribution in [0.4, 0.5) is 28.5 Å². The van der Waals surface area contributed by atoms with Crippen LogP contribution in [0, 0.1) is 24.6 Å². The maximum atomic E-state index is 13.8. The molecule has 31 heavy (non-hydrogen) atoms. The van der Waals surface area contributed by atoms with Crippen molar-refractivity contribution in [3.8, 4) is 5.75 Å². The molecule has 3 atom stereocenters. The van der Waals surface area contributed by atoms with Gasteiger partial charge < -0.3 is 15.0 Å². The van der Waals surface area contributed by atoms with E-state index >= 15 is 0 Å². The highest BCUT2D eigenvalue weighted by Crippen LogP contribution is 2.41. The van der Waals surface area contributed by atoms with Crippen molar-refractivity contribution in [1.82, 2.24) is 19.0 Å². The average Bonchev–Trinajstić information content (AvgIpc) is 3.35. The molecule has 1 aliphatic carbocycles. The van der Waals surface area contributed by atoms with Gasteiger partial charge in [0.05, 0.1) is 11.9 Å². The van der Waals surface area contributed by atoms with E-state index in [-0.39, 0.29) is 23.4 Å². The first-order chi connectivity index (χ1) is 14.7. The molecule has 2 fully saturated rings. The number of pyridine rings is 1. The second-order valence-electron chi connectivity index (χ2n) is 8.11. The van der Waals surface area contributed by atoms with Crippen molar-refractivity contribution in [3.63, 3.8) is 0 Å². The topological polar surface area (TPSA) is 67.6 Å². The van der Waals surface area contributed by atoms with Crippen LogP contribution in [0.3, 0.4) is 0 Å². The number of hydrogen-bond donors (Lipinski definition) is 1. The molecule has 3 aromatic rings. The number of aryl methyl sites for hydroxylation is 1. The van der Waals surface area contributed by atoms with Gasteiger partial charge in [-0.3, -0.25) is 0 Å². The molecule has 2 aliphatic rings. The highest BCUT2D eigenvalue weighted by Gasteiger charge is 2.43. The van der Waals surface area contributed by atoms with E-state index in [1.807, 2.05) is 6.92 Å². The first-order valence-corrected chi connectivity index (χ1v) is 10.7. The maximum Gasteiger partial charge on any atom is 0.422 e. The Labute approximate surface area is 179 Å². The molecular weight excluding hydrogens is 436 g/mol. The van der Waals surface area contributed by atoms with Crippen molar-refractivity contribution in [1.29, 1.82) is 0 Å². The number of hydrogen-bond acceptors (Lipinski definition) is 7. The number of alkyl halides is 3. The summed E-state index contributed by atoms with van der Waals surface area (Å²) in [6.07, 6.45) is -1.33. The zero-order valence-corrected chi connectivity index (χ0v) is 17.4. The van der Waals surface area contributed by atoms with Gasteiger partial charge in [-0.2, -0.15) is 22.5 Å². The molecule has 1 saturated heterocycles. The zero-order valence-electron chi connectivity index (χ0n) is 16.6. The summed E-state index contributed by atoms with van der Waals surface area (Å²) >= 11 is 1.50. The molecule has 166 valence electrons. The lowest BCUT2D eigenvalue weighted by Crippen LogP contribution is -2.48. The second-order valence-corrected chi connectivity index (χ2v) is 8.89. The van der Waals surface area contributed by atoms with Gasteiger partial charge in [0, 0.05) is 25.2 Å². The number of piperidine rings is 1. The average molecular weight is 456 g/mol. The largest absolute Gasteiger partial charge is 0.480 e. The number of nitrogens with zero attached hydrogens (tertiary/aromatic N) is 5. The molecule has 3 aromatic heterocycles. The van der Waals surface area contributed by atoms with E-state index in [4.69, 9.17) is 4.74 Å². The van der Waals surface area contributed by atoms with Crippen LogP contribution in [-0.2, 0) is 0 Å². The standard InChI is InChI=1S/C19H20F4N6OS/c1-10-4-15(31-27-10)28-6-11-2-3-12(7-28)16(11)24-18-25-17-14(30-9-19(21,22)23)5-13(20)8-29(17)26-18/h4-5,8,11-12,16H,2-3,6-7,9H2,1H3,(H,24,26)/t11-,12+,16-. The van der Waals surface area contributed by atoms with Crippen LogP contribution in [0.5, 0.6) is 5.75 Å². The summed E-state index contributed by atoms with van der Waals surface area (Å²) in [5.74, 6) is -0.0343. The Hall–Kier alpha value is -2.63. The zero-order chi connectivity index (χ0) is 21.8. The quantitative estimate of drug-likeness (QED) is 0.588. The van der Waals surface area contributed by atoms with E-state index in [0.29, 0.717) is 11.8 Å². The number of anilines is 2. The third-order valence-electron chi connectivity index (χ3n) is 5.81. The molecule has 2 bridgehead atoms. The minimum atomic E-state index is -4.53. The SMILES string of the molecule is Cc1cc(N2C[C@H]3CC[C@@H](C2)[C@@H]3Nc2nc3c(OCC(F)(F)F)cc(F)cn3n2)sn1. The second kappa shape index (κ2) is 7.50. The van der Waals surface area contributed by atoms with E-state index in [1.165, 1.54) is 16.5 Å². The number of aromatic nitrogens is 4. The van der Waals surface area contributed by atoms with Crippen molar-refractivity contribution in [2.75, 3.05) is 29.9 Å². The number of rotatable bonds is 5. The number of nitrogens with one attached hydrogen (secondary N) is 1. The van der Waals surface area contributed by atoms with Crippen molar-refractivity contribution in [2.45, 2.75) is 32.0 Å². The maximum absolute atomic E-state index is 13.8. The van der Waals surface area contributed by atoms with Crippen LogP contribution >= 0.6 is 11.5 Å². The normalized spacial score (nSPS) is 23.5. The molecule has 0 aromatic carbocycles. The van der Waals surface area contributed by atoms with Crippen molar-refractivity contribution in [2.24, 2.45) is 11.8 Å². The molecule has 0 radical (unpaired) electrons. The molecule has 0 unspecified atom stereocenters. The minimum Gasteiger partial charge on any atom is -0.480 e. The number of fused-ring (bicyclic) bond motifs is 3. The third kappa shape index (κ3) is 4.12. The van der Waals surface area contributed by atoms with E-state index in [0.717, 1.165) is 48.4 Å². The highest BCUT2D eigenvalue weighted by atomic mass is 32.1. The van der Waals surface area contributed by atoms with Crippen molar-refractivity contribution in [3.05, 3.63) is 29.8 Å². The summed E-state index contributed by atoms with van der Waals surface area (Å²) in [4.78, 5) is 6.65. The molecule has 1 aliphatic heterocycles. The molecule has 4 heterocycles. The molecular formula is C19H20F4N6OS. The first-order valence-electron chi connectivity index (χ1n) is 9.95. The molecule has 7 nitrogen and oxygen atoms in total. The monoisotopic (exact) mass is 456 g/mol. The third-order valence-corrected chi connectivity index (χ3v) is 6.76. The van der Waals surface area contributed by atoms with E-state index in [9.17, 15) is 17.6 Å². The first kappa shape index (κ1) is 20.3.